The van der Waals surface area contributed by atoms with Crippen molar-refractivity contribution in [2.45, 2.75) is 0 Å². The molecule has 27 heavy (non-hydrogen) atoms. The SMILES string of the molecule is O=C(c1snnc1-c1ccc(F)cc1)N1CCN(c2ccc(F)cc2)CC1. The van der Waals surface area contributed by atoms with E-state index in [1.54, 1.807) is 29.2 Å². The number of amides is 1. The van der Waals surface area contributed by atoms with E-state index in [9.17, 15) is 13.6 Å². The van der Waals surface area contributed by atoms with Crippen LogP contribution >= 0.6 is 11.5 Å². The Kier molecular flexibility index (Phi) is 4.81. The average Bonchev–Trinajstić information content (AvgIpc) is 3.18. The van der Waals surface area contributed by atoms with E-state index in [2.05, 4.69) is 14.5 Å². The summed E-state index contributed by atoms with van der Waals surface area (Å²) < 4.78 is 30.1. The maximum Gasteiger partial charge on any atom is 0.268 e. The van der Waals surface area contributed by atoms with Crippen molar-refractivity contribution in [2.24, 2.45) is 0 Å². The minimum atomic E-state index is -0.341. The van der Waals surface area contributed by atoms with Crippen molar-refractivity contribution in [3.05, 3.63) is 65.0 Å². The van der Waals surface area contributed by atoms with Crippen molar-refractivity contribution in [3.8, 4) is 11.3 Å². The maximum atomic E-state index is 13.1. The Labute approximate surface area is 159 Å². The average molecular weight is 386 g/mol. The standard InChI is InChI=1S/C19H16F2N4OS/c20-14-3-1-13(2-4-14)17-18(27-23-22-17)19(26)25-11-9-24(10-12-25)16-7-5-15(21)6-8-16/h1-8H,9-12H2. The zero-order chi connectivity index (χ0) is 18.8. The molecule has 8 heteroatoms. The van der Waals surface area contributed by atoms with Crippen LogP contribution in [0.2, 0.25) is 0 Å². The van der Waals surface area contributed by atoms with Gasteiger partial charge in [0, 0.05) is 37.4 Å². The van der Waals surface area contributed by atoms with Crippen molar-refractivity contribution in [2.75, 3.05) is 31.1 Å². The molecular formula is C19H16F2N4OS. The van der Waals surface area contributed by atoms with Gasteiger partial charge in [0.25, 0.3) is 5.91 Å². The van der Waals surface area contributed by atoms with E-state index in [1.165, 1.54) is 24.3 Å². The number of carbonyl (C=O) groups excluding carboxylic acids is 1. The van der Waals surface area contributed by atoms with Crippen molar-refractivity contribution in [3.63, 3.8) is 0 Å². The summed E-state index contributed by atoms with van der Waals surface area (Å²) in [6.07, 6.45) is 0. The van der Waals surface area contributed by atoms with Gasteiger partial charge in [0.15, 0.2) is 0 Å². The predicted octanol–water partition coefficient (Wildman–Crippen LogP) is 3.45. The van der Waals surface area contributed by atoms with Crippen LogP contribution in [0.15, 0.2) is 48.5 Å². The quantitative estimate of drug-likeness (QED) is 0.692. The van der Waals surface area contributed by atoms with E-state index < -0.39 is 0 Å². The van der Waals surface area contributed by atoms with Crippen LogP contribution in [-0.2, 0) is 0 Å². The molecule has 1 fully saturated rings. The van der Waals surface area contributed by atoms with Crippen LogP contribution in [0.4, 0.5) is 14.5 Å². The lowest BCUT2D eigenvalue weighted by atomic mass is 10.1. The van der Waals surface area contributed by atoms with Gasteiger partial charge in [-0.2, -0.15) is 0 Å². The summed E-state index contributed by atoms with van der Waals surface area (Å²) in [4.78, 5) is 17.3. The van der Waals surface area contributed by atoms with Gasteiger partial charge in [-0.15, -0.1) is 5.10 Å². The van der Waals surface area contributed by atoms with Crippen molar-refractivity contribution < 1.29 is 13.6 Å². The van der Waals surface area contributed by atoms with Gasteiger partial charge < -0.3 is 9.80 Å². The summed E-state index contributed by atoms with van der Waals surface area (Å²) >= 11 is 1.05. The highest BCUT2D eigenvalue weighted by molar-refractivity contribution is 7.08. The molecule has 1 aliphatic rings. The van der Waals surface area contributed by atoms with Crippen molar-refractivity contribution >= 4 is 23.1 Å². The topological polar surface area (TPSA) is 49.3 Å². The monoisotopic (exact) mass is 386 g/mol. The second-order valence-corrected chi connectivity index (χ2v) is 6.97. The number of piperazine rings is 1. The first-order valence-electron chi connectivity index (χ1n) is 8.50. The largest absolute Gasteiger partial charge is 0.368 e. The Morgan fingerprint density at radius 3 is 2.11 bits per heavy atom. The number of anilines is 1. The summed E-state index contributed by atoms with van der Waals surface area (Å²) in [5.41, 5.74) is 2.08. The molecule has 2 heterocycles. The van der Waals surface area contributed by atoms with E-state index >= 15 is 0 Å². The predicted molar refractivity (Wildman–Crippen MR) is 99.8 cm³/mol. The molecule has 0 bridgehead atoms. The third-order valence-electron chi connectivity index (χ3n) is 4.56. The minimum Gasteiger partial charge on any atom is -0.368 e. The minimum absolute atomic E-state index is 0.122. The van der Waals surface area contributed by atoms with Gasteiger partial charge in [0.1, 0.15) is 22.2 Å². The summed E-state index contributed by atoms with van der Waals surface area (Å²) in [6.45, 7) is 2.43. The Bertz CT molecular complexity index is 935. The molecule has 0 N–H and O–H groups in total. The number of halogens is 2. The number of carbonyl (C=O) groups is 1. The van der Waals surface area contributed by atoms with Crippen LogP contribution in [0, 0.1) is 11.6 Å². The lowest BCUT2D eigenvalue weighted by Crippen LogP contribution is -2.48. The Morgan fingerprint density at radius 1 is 0.889 bits per heavy atom. The molecule has 2 aromatic carbocycles. The first-order valence-corrected chi connectivity index (χ1v) is 9.27. The second kappa shape index (κ2) is 7.40. The third kappa shape index (κ3) is 3.66. The zero-order valence-corrected chi connectivity index (χ0v) is 15.1. The van der Waals surface area contributed by atoms with Gasteiger partial charge in [0.2, 0.25) is 0 Å². The highest BCUT2D eigenvalue weighted by atomic mass is 32.1. The molecule has 1 saturated heterocycles. The van der Waals surface area contributed by atoms with Crippen LogP contribution in [0.5, 0.6) is 0 Å². The third-order valence-corrected chi connectivity index (χ3v) is 5.27. The van der Waals surface area contributed by atoms with E-state index in [1.807, 2.05) is 0 Å². The van der Waals surface area contributed by atoms with E-state index in [0.717, 1.165) is 17.2 Å². The Balaban J connectivity index is 1.46. The molecule has 0 spiro atoms. The van der Waals surface area contributed by atoms with Crippen LogP contribution in [0.3, 0.4) is 0 Å². The molecule has 0 saturated carbocycles. The smallest absolute Gasteiger partial charge is 0.268 e. The summed E-state index contributed by atoms with van der Waals surface area (Å²) in [5.74, 6) is -0.728. The molecule has 0 aliphatic carbocycles. The number of aromatic nitrogens is 2. The number of benzene rings is 2. The first kappa shape index (κ1) is 17.5. The van der Waals surface area contributed by atoms with Crippen molar-refractivity contribution in [1.82, 2.24) is 14.5 Å². The van der Waals surface area contributed by atoms with Crippen molar-refractivity contribution in [1.29, 1.82) is 0 Å². The molecule has 4 rings (SSSR count). The molecule has 0 radical (unpaired) electrons. The highest BCUT2D eigenvalue weighted by Gasteiger charge is 2.26. The molecule has 138 valence electrons. The van der Waals surface area contributed by atoms with Crippen LogP contribution < -0.4 is 4.90 Å². The first-order chi connectivity index (χ1) is 13.1. The van der Waals surface area contributed by atoms with E-state index in [0.29, 0.717) is 42.3 Å². The molecule has 1 aliphatic heterocycles. The molecule has 1 amide bonds. The molecule has 0 atom stereocenters. The Hall–Kier alpha value is -2.87. The molecule has 3 aromatic rings. The fourth-order valence-corrected chi connectivity index (χ4v) is 3.75. The number of hydrogen-bond acceptors (Lipinski definition) is 5. The summed E-state index contributed by atoms with van der Waals surface area (Å²) in [5, 5.41) is 4.06. The molecule has 5 nitrogen and oxygen atoms in total. The fraction of sp³-hybridized carbons (Fsp3) is 0.211. The zero-order valence-electron chi connectivity index (χ0n) is 14.3. The summed E-state index contributed by atoms with van der Waals surface area (Å²) in [7, 11) is 0. The normalized spacial score (nSPS) is 14.4. The molecular weight excluding hydrogens is 370 g/mol. The molecule has 0 unspecified atom stereocenters. The van der Waals surface area contributed by atoms with Gasteiger partial charge in [-0.05, 0) is 60.1 Å². The lowest BCUT2D eigenvalue weighted by molar-refractivity contribution is 0.0752. The van der Waals surface area contributed by atoms with Gasteiger partial charge in [-0.3, -0.25) is 4.79 Å². The second-order valence-electron chi connectivity index (χ2n) is 6.21. The van der Waals surface area contributed by atoms with Crippen LogP contribution in [0.1, 0.15) is 9.67 Å². The van der Waals surface area contributed by atoms with E-state index in [-0.39, 0.29) is 17.5 Å². The highest BCUT2D eigenvalue weighted by Crippen LogP contribution is 2.26. The Morgan fingerprint density at radius 2 is 1.48 bits per heavy atom. The summed E-state index contributed by atoms with van der Waals surface area (Å²) in [6, 6.07) is 12.2. The maximum absolute atomic E-state index is 13.1. The van der Waals surface area contributed by atoms with Gasteiger partial charge in [0.05, 0.1) is 0 Å². The van der Waals surface area contributed by atoms with Crippen LogP contribution in [-0.4, -0.2) is 46.6 Å². The van der Waals surface area contributed by atoms with E-state index in [4.69, 9.17) is 0 Å². The number of rotatable bonds is 3. The fourth-order valence-electron chi connectivity index (χ4n) is 3.09. The molecule has 1 aromatic heterocycles. The number of hydrogen-bond donors (Lipinski definition) is 0. The number of nitrogens with zero attached hydrogens (tertiary/aromatic N) is 4. The lowest BCUT2D eigenvalue weighted by Gasteiger charge is -2.36. The van der Waals surface area contributed by atoms with Gasteiger partial charge >= 0.3 is 0 Å². The van der Waals surface area contributed by atoms with Crippen LogP contribution in [0.25, 0.3) is 11.3 Å². The van der Waals surface area contributed by atoms with Gasteiger partial charge in [-0.25, -0.2) is 8.78 Å². The van der Waals surface area contributed by atoms with Gasteiger partial charge in [-0.1, -0.05) is 4.49 Å².